The van der Waals surface area contributed by atoms with E-state index >= 15 is 0 Å². The van der Waals surface area contributed by atoms with Crippen molar-refractivity contribution in [1.29, 1.82) is 0 Å². The maximum absolute atomic E-state index is 14.1. The highest BCUT2D eigenvalue weighted by atomic mass is 32.1. The van der Waals surface area contributed by atoms with Gasteiger partial charge in [-0.25, -0.2) is 4.39 Å². The van der Waals surface area contributed by atoms with Crippen LogP contribution < -0.4 is 5.32 Å². The highest BCUT2D eigenvalue weighted by Gasteiger charge is 2.22. The van der Waals surface area contributed by atoms with E-state index in [9.17, 15) is 4.39 Å². The lowest BCUT2D eigenvalue weighted by Crippen LogP contribution is -2.17. The Morgan fingerprint density at radius 2 is 2.16 bits per heavy atom. The lowest BCUT2D eigenvalue weighted by Gasteiger charge is -2.12. The van der Waals surface area contributed by atoms with Gasteiger partial charge in [-0.05, 0) is 44.6 Å². The molecule has 102 valence electrons. The van der Waals surface area contributed by atoms with E-state index < -0.39 is 0 Å². The summed E-state index contributed by atoms with van der Waals surface area (Å²) in [6, 6.07) is 6.06. The fourth-order valence-corrected chi connectivity index (χ4v) is 3.55. The van der Waals surface area contributed by atoms with E-state index in [1.807, 2.05) is 20.2 Å². The summed E-state index contributed by atoms with van der Waals surface area (Å²) >= 11 is 1.72. The molecule has 0 bridgehead atoms. The number of fused-ring (bicyclic) bond motifs is 1. The lowest BCUT2D eigenvalue weighted by molar-refractivity contribution is 0.402. The van der Waals surface area contributed by atoms with Crippen LogP contribution in [0.3, 0.4) is 0 Å². The van der Waals surface area contributed by atoms with Crippen LogP contribution in [-0.4, -0.2) is 25.0 Å². The minimum atomic E-state index is -0.0942. The number of hydrogen-bond donors (Lipinski definition) is 1. The van der Waals surface area contributed by atoms with Crippen molar-refractivity contribution in [1.82, 2.24) is 10.2 Å². The van der Waals surface area contributed by atoms with E-state index in [-0.39, 0.29) is 5.82 Å². The number of nitrogens with zero attached hydrogens (tertiary/aromatic N) is 1. The van der Waals surface area contributed by atoms with Gasteiger partial charge in [0.05, 0.1) is 0 Å². The lowest BCUT2D eigenvalue weighted by atomic mass is 10.1. The molecule has 3 rings (SSSR count). The molecular formula is C15H19FN2S. The molecule has 4 heteroatoms. The highest BCUT2D eigenvalue weighted by molar-refractivity contribution is 7.19. The number of halogens is 1. The van der Waals surface area contributed by atoms with Crippen LogP contribution in [0.2, 0.25) is 0 Å². The van der Waals surface area contributed by atoms with Crippen LogP contribution in [0.5, 0.6) is 0 Å². The van der Waals surface area contributed by atoms with E-state index in [4.69, 9.17) is 0 Å². The minimum absolute atomic E-state index is 0.0942. The molecule has 1 saturated carbocycles. The van der Waals surface area contributed by atoms with Crippen molar-refractivity contribution in [2.45, 2.75) is 32.0 Å². The number of nitrogens with one attached hydrogen (secondary N) is 1. The zero-order valence-corrected chi connectivity index (χ0v) is 12.2. The zero-order valence-electron chi connectivity index (χ0n) is 11.4. The van der Waals surface area contributed by atoms with Crippen LogP contribution in [0.1, 0.15) is 23.3 Å². The molecule has 1 heterocycles. The Bertz CT molecular complexity index is 587. The van der Waals surface area contributed by atoms with Gasteiger partial charge in [0.25, 0.3) is 0 Å². The zero-order chi connectivity index (χ0) is 13.4. The Labute approximate surface area is 117 Å². The third-order valence-corrected chi connectivity index (χ3v) is 4.65. The van der Waals surface area contributed by atoms with E-state index in [1.165, 1.54) is 17.7 Å². The largest absolute Gasteiger partial charge is 0.309 e. The third kappa shape index (κ3) is 2.81. The number of thiophene rings is 1. The van der Waals surface area contributed by atoms with E-state index in [1.54, 1.807) is 23.5 Å². The summed E-state index contributed by atoms with van der Waals surface area (Å²) < 4.78 is 15.1. The summed E-state index contributed by atoms with van der Waals surface area (Å²) in [7, 11) is 4.06. The Morgan fingerprint density at radius 3 is 2.84 bits per heavy atom. The van der Waals surface area contributed by atoms with E-state index in [0.29, 0.717) is 6.04 Å². The molecule has 0 atom stereocenters. The summed E-state index contributed by atoms with van der Waals surface area (Å²) in [4.78, 5) is 3.38. The second kappa shape index (κ2) is 5.19. The molecule has 0 spiro atoms. The van der Waals surface area contributed by atoms with Crippen molar-refractivity contribution in [3.63, 3.8) is 0 Å². The predicted octanol–water partition coefficient (Wildman–Crippen LogP) is 3.35. The van der Waals surface area contributed by atoms with Crippen molar-refractivity contribution in [3.05, 3.63) is 34.5 Å². The summed E-state index contributed by atoms with van der Waals surface area (Å²) in [6.45, 7) is 1.66. The fraction of sp³-hybridized carbons (Fsp3) is 0.467. The van der Waals surface area contributed by atoms with Gasteiger partial charge in [-0.15, -0.1) is 11.3 Å². The van der Waals surface area contributed by atoms with Gasteiger partial charge >= 0.3 is 0 Å². The SMILES string of the molecule is CN(C)Cc1c(CNC2CC2)sc2cccc(F)c12. The first-order chi connectivity index (χ1) is 9.15. The molecule has 1 aliphatic carbocycles. The van der Waals surface area contributed by atoms with Gasteiger partial charge in [-0.1, -0.05) is 6.07 Å². The molecule has 19 heavy (non-hydrogen) atoms. The molecule has 1 aliphatic rings. The number of hydrogen-bond acceptors (Lipinski definition) is 3. The Hall–Kier alpha value is -0.970. The minimum Gasteiger partial charge on any atom is -0.309 e. The van der Waals surface area contributed by atoms with Crippen molar-refractivity contribution in [2.24, 2.45) is 0 Å². The maximum Gasteiger partial charge on any atom is 0.132 e. The molecular weight excluding hydrogens is 259 g/mol. The molecule has 1 aromatic heterocycles. The molecule has 2 nitrogen and oxygen atoms in total. The molecule has 1 N–H and O–H groups in total. The molecule has 1 aromatic carbocycles. The number of rotatable bonds is 5. The van der Waals surface area contributed by atoms with Crippen molar-refractivity contribution in [2.75, 3.05) is 14.1 Å². The summed E-state index contributed by atoms with van der Waals surface area (Å²) in [6.07, 6.45) is 2.56. The Balaban J connectivity index is 1.99. The molecule has 0 amide bonds. The van der Waals surface area contributed by atoms with Crippen LogP contribution in [0.25, 0.3) is 10.1 Å². The standard InChI is InChI=1S/C15H19FN2S/c1-18(2)9-11-14(8-17-10-6-7-10)19-13-5-3-4-12(16)15(11)13/h3-5,10,17H,6-9H2,1-2H3. The first-order valence-corrected chi connectivity index (χ1v) is 7.53. The van der Waals surface area contributed by atoms with Crippen molar-refractivity contribution in [3.8, 4) is 0 Å². The van der Waals surface area contributed by atoms with Crippen LogP contribution in [-0.2, 0) is 13.1 Å². The topological polar surface area (TPSA) is 15.3 Å². The van der Waals surface area contributed by atoms with Gasteiger partial charge in [0.1, 0.15) is 5.82 Å². The second-order valence-electron chi connectivity index (χ2n) is 5.51. The second-order valence-corrected chi connectivity index (χ2v) is 6.65. The summed E-state index contributed by atoms with van der Waals surface area (Å²) in [5, 5.41) is 4.35. The molecule has 0 saturated heterocycles. The van der Waals surface area contributed by atoms with Crippen LogP contribution in [0.4, 0.5) is 4.39 Å². The van der Waals surface area contributed by atoms with Crippen LogP contribution in [0, 0.1) is 5.82 Å². The van der Waals surface area contributed by atoms with E-state index in [2.05, 4.69) is 10.2 Å². The van der Waals surface area contributed by atoms with Crippen LogP contribution in [0.15, 0.2) is 18.2 Å². The monoisotopic (exact) mass is 278 g/mol. The normalized spacial score (nSPS) is 15.6. The van der Waals surface area contributed by atoms with Crippen molar-refractivity contribution >= 4 is 21.4 Å². The molecule has 0 radical (unpaired) electrons. The third-order valence-electron chi connectivity index (χ3n) is 3.45. The quantitative estimate of drug-likeness (QED) is 0.902. The van der Waals surface area contributed by atoms with E-state index in [0.717, 1.165) is 28.7 Å². The average molecular weight is 278 g/mol. The molecule has 0 unspecified atom stereocenters. The molecule has 1 fully saturated rings. The van der Waals surface area contributed by atoms with Gasteiger partial charge in [0, 0.05) is 34.1 Å². The van der Waals surface area contributed by atoms with Crippen LogP contribution >= 0.6 is 11.3 Å². The van der Waals surface area contributed by atoms with Gasteiger partial charge in [0.15, 0.2) is 0 Å². The first-order valence-electron chi connectivity index (χ1n) is 6.72. The fourth-order valence-electron chi connectivity index (χ4n) is 2.37. The molecule has 0 aliphatic heterocycles. The smallest absolute Gasteiger partial charge is 0.132 e. The number of benzene rings is 1. The Morgan fingerprint density at radius 1 is 1.37 bits per heavy atom. The highest BCUT2D eigenvalue weighted by Crippen LogP contribution is 2.34. The first kappa shape index (κ1) is 13.0. The summed E-state index contributed by atoms with van der Waals surface area (Å²) in [5.74, 6) is -0.0942. The van der Waals surface area contributed by atoms with Gasteiger partial charge < -0.3 is 10.2 Å². The van der Waals surface area contributed by atoms with Gasteiger partial charge in [0.2, 0.25) is 0 Å². The van der Waals surface area contributed by atoms with Crippen molar-refractivity contribution < 1.29 is 4.39 Å². The van der Waals surface area contributed by atoms with Gasteiger partial charge in [-0.2, -0.15) is 0 Å². The predicted molar refractivity (Wildman–Crippen MR) is 79.0 cm³/mol. The average Bonchev–Trinajstić information content (AvgIpc) is 3.11. The maximum atomic E-state index is 14.1. The molecule has 2 aromatic rings. The Kier molecular flexibility index (Phi) is 3.56. The van der Waals surface area contributed by atoms with Gasteiger partial charge in [-0.3, -0.25) is 0 Å². The summed E-state index contributed by atoms with van der Waals surface area (Å²) in [5.41, 5.74) is 1.15.